The van der Waals surface area contributed by atoms with E-state index in [4.69, 9.17) is 19.3 Å². The fraction of sp³-hybridized carbons (Fsp3) is 0.773. The van der Waals surface area contributed by atoms with Crippen molar-refractivity contribution in [3.8, 4) is 0 Å². The van der Waals surface area contributed by atoms with E-state index in [0.29, 0.717) is 19.3 Å². The molecule has 0 heterocycles. The third-order valence-corrected chi connectivity index (χ3v) is 9.69. The van der Waals surface area contributed by atoms with Crippen LogP contribution in [-0.4, -0.2) is 52.3 Å². The first-order valence-electron chi connectivity index (χ1n) is 21.5. The van der Waals surface area contributed by atoms with E-state index in [-0.39, 0.29) is 19.4 Å². The molecule has 0 saturated heterocycles. The molecule has 0 rings (SSSR count). The highest BCUT2D eigenvalue weighted by molar-refractivity contribution is 7.46. The number of esters is 2. The highest BCUT2D eigenvalue weighted by Crippen LogP contribution is 2.36. The second kappa shape index (κ2) is 39.2. The van der Waals surface area contributed by atoms with Gasteiger partial charge in [-0.15, -0.1) is 0 Å². The van der Waals surface area contributed by atoms with Crippen LogP contribution in [0.2, 0.25) is 0 Å². The van der Waals surface area contributed by atoms with Gasteiger partial charge in [0.25, 0.3) is 0 Å². The van der Waals surface area contributed by atoms with Crippen LogP contribution >= 0.6 is 7.82 Å². The van der Waals surface area contributed by atoms with E-state index in [2.05, 4.69) is 42.7 Å². The van der Waals surface area contributed by atoms with Crippen LogP contribution in [0.1, 0.15) is 194 Å². The zero-order valence-electron chi connectivity index (χ0n) is 34.2. The maximum absolute atomic E-state index is 12.4. The maximum atomic E-state index is 12.4. The van der Waals surface area contributed by atoms with Gasteiger partial charge < -0.3 is 24.4 Å². The summed E-state index contributed by atoms with van der Waals surface area (Å²) in [6, 6.07) is 0. The van der Waals surface area contributed by atoms with E-state index in [1.807, 2.05) is 12.2 Å². The van der Waals surface area contributed by atoms with Gasteiger partial charge in [0.15, 0.2) is 6.10 Å². The first-order valence-corrected chi connectivity index (χ1v) is 23.1. The zero-order chi connectivity index (χ0) is 39.8. The lowest BCUT2D eigenvalue weighted by atomic mass is 10.0. The molecule has 0 unspecified atom stereocenters. The molecule has 0 saturated carbocycles. The van der Waals surface area contributed by atoms with Crippen molar-refractivity contribution in [2.75, 3.05) is 13.2 Å². The van der Waals surface area contributed by atoms with Gasteiger partial charge in [0, 0.05) is 12.8 Å². The van der Waals surface area contributed by atoms with Crippen LogP contribution in [0, 0.1) is 0 Å². The molecular weight excluding hydrogens is 703 g/mol. The normalized spacial score (nSPS) is 13.5. The Bertz CT molecular complexity index is 1030. The summed E-state index contributed by atoms with van der Waals surface area (Å²) >= 11 is 0. The van der Waals surface area contributed by atoms with Gasteiger partial charge in [0.2, 0.25) is 0 Å². The number of allylic oxidation sites excluding steroid dienone is 7. The van der Waals surface area contributed by atoms with Gasteiger partial charge >= 0.3 is 19.8 Å². The minimum Gasteiger partial charge on any atom is -0.462 e. The molecule has 0 aromatic carbocycles. The van der Waals surface area contributed by atoms with Crippen LogP contribution < -0.4 is 0 Å². The molecule has 0 aromatic heterocycles. The van der Waals surface area contributed by atoms with Crippen LogP contribution in [-0.2, 0) is 28.2 Å². The minimum absolute atomic E-state index is 0.0156. The van der Waals surface area contributed by atoms with E-state index in [0.717, 1.165) is 38.5 Å². The minimum atomic E-state index is -4.81. The van der Waals surface area contributed by atoms with Crippen LogP contribution in [0.4, 0.5) is 0 Å². The van der Waals surface area contributed by atoms with Crippen molar-refractivity contribution < 1.29 is 43.0 Å². The second-order valence-electron chi connectivity index (χ2n) is 14.5. The van der Waals surface area contributed by atoms with Crippen molar-refractivity contribution in [2.24, 2.45) is 0 Å². The lowest BCUT2D eigenvalue weighted by Gasteiger charge is -2.18. The highest BCUT2D eigenvalue weighted by atomic mass is 31.2. The maximum Gasteiger partial charge on any atom is 0.469 e. The summed E-state index contributed by atoms with van der Waals surface area (Å²) in [6.07, 6.45) is 44.3. The molecule has 0 aliphatic carbocycles. The SMILES string of the molecule is CCCCC/C=C\C/C=C\C/C=C\C=C\[C@H](O)CCCC(=O)O[C@H](COC(=O)CCCCCCCCCCCCCCCCCCCC)COP(=O)(O)O. The van der Waals surface area contributed by atoms with Crippen LogP contribution in [0.3, 0.4) is 0 Å². The summed E-state index contributed by atoms with van der Waals surface area (Å²) in [5.74, 6) is -1.08. The topological polar surface area (TPSA) is 140 Å². The molecule has 0 amide bonds. The largest absolute Gasteiger partial charge is 0.469 e. The van der Waals surface area contributed by atoms with Crippen molar-refractivity contribution in [1.82, 2.24) is 0 Å². The number of carbonyl (C=O) groups is 2. The Morgan fingerprint density at radius 2 is 1.06 bits per heavy atom. The standard InChI is InChI=1S/C44H79O9P/c1-3-5-7-9-11-13-15-17-18-19-20-21-23-25-27-29-31-33-37-43(46)51-39-42(40-52-54(48,49)50)53-44(47)38-34-36-41(45)35-32-30-28-26-24-22-16-14-12-10-8-6-4-2/h12,14,22,24,28,30,32,35,41-42,45H,3-11,13,15-21,23,25-27,29,31,33-34,36-40H2,1-2H3,(H2,48,49,50)/b14-12-,24-22-,30-28-,35-32+/t41-,42+/m0/s1. The summed E-state index contributed by atoms with van der Waals surface area (Å²) < 4.78 is 26.3. The molecule has 9 nitrogen and oxygen atoms in total. The first-order chi connectivity index (χ1) is 26.2. The molecule has 2 atom stereocenters. The van der Waals surface area contributed by atoms with Gasteiger partial charge in [0.1, 0.15) is 6.61 Å². The quantitative estimate of drug-likeness (QED) is 0.0183. The van der Waals surface area contributed by atoms with E-state index in [9.17, 15) is 19.3 Å². The first kappa shape index (κ1) is 52.0. The fourth-order valence-electron chi connectivity index (χ4n) is 5.95. The zero-order valence-corrected chi connectivity index (χ0v) is 35.1. The van der Waals surface area contributed by atoms with Crippen molar-refractivity contribution in [1.29, 1.82) is 0 Å². The number of hydrogen-bond donors (Lipinski definition) is 3. The Labute approximate surface area is 329 Å². The lowest BCUT2D eigenvalue weighted by Crippen LogP contribution is -2.29. The smallest absolute Gasteiger partial charge is 0.462 e. The van der Waals surface area contributed by atoms with E-state index in [1.165, 1.54) is 109 Å². The molecule has 0 aromatic rings. The fourth-order valence-corrected chi connectivity index (χ4v) is 6.31. The number of rotatable bonds is 39. The number of phosphoric ester groups is 1. The Morgan fingerprint density at radius 3 is 1.61 bits per heavy atom. The van der Waals surface area contributed by atoms with Crippen molar-refractivity contribution in [2.45, 2.75) is 206 Å². The number of carbonyl (C=O) groups excluding carboxylic acids is 2. The number of hydrogen-bond acceptors (Lipinski definition) is 7. The average molecular weight is 783 g/mol. The van der Waals surface area contributed by atoms with Gasteiger partial charge in [-0.05, 0) is 44.9 Å². The summed E-state index contributed by atoms with van der Waals surface area (Å²) in [5.41, 5.74) is 0. The molecule has 0 spiro atoms. The predicted octanol–water partition coefficient (Wildman–Crippen LogP) is 12.1. The average Bonchev–Trinajstić information content (AvgIpc) is 3.13. The van der Waals surface area contributed by atoms with Crippen molar-refractivity contribution >= 4 is 19.8 Å². The number of ether oxygens (including phenoxy) is 2. The van der Waals surface area contributed by atoms with E-state index < -0.39 is 38.6 Å². The summed E-state index contributed by atoms with van der Waals surface area (Å²) in [5, 5.41) is 10.2. The van der Waals surface area contributed by atoms with Crippen LogP contribution in [0.5, 0.6) is 0 Å². The Hall–Kier alpha value is -2.03. The predicted molar refractivity (Wildman–Crippen MR) is 222 cm³/mol. The summed E-state index contributed by atoms with van der Waals surface area (Å²) in [4.78, 5) is 42.9. The third-order valence-electron chi connectivity index (χ3n) is 9.20. The Morgan fingerprint density at radius 1 is 0.574 bits per heavy atom. The number of phosphoric acid groups is 1. The molecule has 10 heteroatoms. The van der Waals surface area contributed by atoms with Gasteiger partial charge in [-0.25, -0.2) is 4.57 Å². The molecule has 0 bridgehead atoms. The molecule has 0 radical (unpaired) electrons. The van der Waals surface area contributed by atoms with Gasteiger partial charge in [0.05, 0.1) is 12.7 Å². The Balaban J connectivity index is 4.07. The van der Waals surface area contributed by atoms with E-state index >= 15 is 0 Å². The molecule has 54 heavy (non-hydrogen) atoms. The molecule has 3 N–H and O–H groups in total. The van der Waals surface area contributed by atoms with Crippen LogP contribution in [0.25, 0.3) is 0 Å². The summed E-state index contributed by atoms with van der Waals surface area (Å²) in [7, 11) is -4.81. The molecule has 0 fully saturated rings. The van der Waals surface area contributed by atoms with Gasteiger partial charge in [-0.1, -0.05) is 184 Å². The number of unbranched alkanes of at least 4 members (excludes halogenated alkanes) is 20. The summed E-state index contributed by atoms with van der Waals surface area (Å²) in [6.45, 7) is 3.51. The van der Waals surface area contributed by atoms with Crippen LogP contribution in [0.15, 0.2) is 48.6 Å². The second-order valence-corrected chi connectivity index (χ2v) is 15.8. The van der Waals surface area contributed by atoms with E-state index in [1.54, 1.807) is 12.2 Å². The molecular formula is C44H79O9P. The van der Waals surface area contributed by atoms with Crippen molar-refractivity contribution in [3.05, 3.63) is 48.6 Å². The molecule has 314 valence electrons. The monoisotopic (exact) mass is 783 g/mol. The third kappa shape index (κ3) is 41.1. The highest BCUT2D eigenvalue weighted by Gasteiger charge is 2.23. The lowest BCUT2D eigenvalue weighted by molar-refractivity contribution is -0.161. The van der Waals surface area contributed by atoms with Crippen molar-refractivity contribution in [3.63, 3.8) is 0 Å². The molecule has 0 aliphatic rings. The van der Waals surface area contributed by atoms with Gasteiger partial charge in [-0.2, -0.15) is 0 Å². The molecule has 0 aliphatic heterocycles. The number of aliphatic hydroxyl groups excluding tert-OH is 1. The van der Waals surface area contributed by atoms with Gasteiger partial charge in [-0.3, -0.25) is 14.1 Å². The Kier molecular flexibility index (Phi) is 37.7. The number of aliphatic hydroxyl groups is 1.